The first kappa shape index (κ1) is 29.3. The maximum Gasteiger partial charge on any atom is 0.253 e. The van der Waals surface area contributed by atoms with Gasteiger partial charge in [0, 0.05) is 76.2 Å². The second-order valence-corrected chi connectivity index (χ2v) is 9.95. The van der Waals surface area contributed by atoms with Gasteiger partial charge in [-0.25, -0.2) is 10.2 Å². The van der Waals surface area contributed by atoms with Crippen LogP contribution in [0.15, 0.2) is 36.2 Å². The van der Waals surface area contributed by atoms with E-state index < -0.39 is 25.1 Å². The molecule has 1 aromatic rings. The number of alkyl halides is 1. The molecule has 0 saturated carbocycles. The van der Waals surface area contributed by atoms with Gasteiger partial charge in [0.05, 0.1) is 6.10 Å². The Kier molecular flexibility index (Phi) is 11.1. The van der Waals surface area contributed by atoms with Crippen LogP contribution in [-0.4, -0.2) is 104 Å². The number of aliphatic hydroxyl groups excluding tert-OH is 1. The summed E-state index contributed by atoms with van der Waals surface area (Å²) in [4.78, 5) is 16.7. The van der Waals surface area contributed by atoms with Crippen LogP contribution in [0.2, 0.25) is 0 Å². The number of nitrogens with one attached hydrogen (secondary N) is 1. The summed E-state index contributed by atoms with van der Waals surface area (Å²) in [5.41, 5.74) is 8.05. The van der Waals surface area contributed by atoms with E-state index in [9.17, 15) is 14.3 Å². The quantitative estimate of drug-likeness (QED) is 0.248. The van der Waals surface area contributed by atoms with E-state index in [0.29, 0.717) is 43.7 Å². The van der Waals surface area contributed by atoms with Crippen molar-refractivity contribution in [1.29, 1.82) is 0 Å². The molecule has 6 N–H and O–H groups in total. The van der Waals surface area contributed by atoms with E-state index in [1.54, 1.807) is 30.5 Å². The van der Waals surface area contributed by atoms with Crippen LogP contribution in [0.25, 0.3) is 0 Å². The number of halogens is 1. The van der Waals surface area contributed by atoms with Crippen LogP contribution < -0.4 is 16.9 Å². The summed E-state index contributed by atoms with van der Waals surface area (Å²) in [7, 11) is 3.50. The monoisotopic (exact) mass is 522 g/mol. The van der Waals surface area contributed by atoms with E-state index in [1.807, 2.05) is 18.9 Å². The molecule has 10 nitrogen and oxygen atoms in total. The zero-order valence-electron chi connectivity index (χ0n) is 22.2. The Hall–Kier alpha value is -2.28. The highest BCUT2D eigenvalue weighted by atomic mass is 19.1. The van der Waals surface area contributed by atoms with Crippen molar-refractivity contribution < 1.29 is 23.8 Å². The molecule has 0 spiro atoms. The molecule has 2 aliphatic rings. The van der Waals surface area contributed by atoms with Crippen molar-refractivity contribution in [3.05, 3.63) is 47.3 Å². The number of piperazine rings is 1. The molecule has 2 saturated heterocycles. The van der Waals surface area contributed by atoms with Crippen molar-refractivity contribution in [3.8, 4) is 0 Å². The minimum absolute atomic E-state index is 0.00540. The zero-order valence-corrected chi connectivity index (χ0v) is 22.2. The topological polar surface area (TPSA) is 130 Å². The zero-order chi connectivity index (χ0) is 26.9. The first-order valence-corrected chi connectivity index (χ1v) is 12.9. The number of hydrazine groups is 1. The standard InChI is InChI=1S/C26H43FN6O4/c1-18-14-22(15-24(34)37-18)31(2)11-8-21(28)17-33(29)23(16-27)25(36-3)19-4-6-20(7-5-19)26(35)32-12-9-30-10-13-32/h4-7,17-18,22-25,30,34H,8-16,28-29H2,1-3H3/b21-17-. The highest BCUT2D eigenvalue weighted by Crippen LogP contribution is 2.26. The largest absolute Gasteiger partial charge is 0.401 e. The Balaban J connectivity index is 1.59. The van der Waals surface area contributed by atoms with Crippen molar-refractivity contribution in [2.45, 2.75) is 56.8 Å². The number of amides is 1. The molecule has 37 heavy (non-hydrogen) atoms. The van der Waals surface area contributed by atoms with Crippen LogP contribution in [0.4, 0.5) is 4.39 Å². The summed E-state index contributed by atoms with van der Waals surface area (Å²) in [5, 5.41) is 14.4. The summed E-state index contributed by atoms with van der Waals surface area (Å²) in [6, 6.07) is 6.45. The fourth-order valence-corrected chi connectivity index (χ4v) is 4.99. The number of aliphatic hydroxyl groups is 1. The molecule has 0 aromatic heterocycles. The average Bonchev–Trinajstić information content (AvgIpc) is 2.89. The van der Waals surface area contributed by atoms with Crippen LogP contribution in [-0.2, 0) is 9.47 Å². The Morgan fingerprint density at radius 2 is 2.00 bits per heavy atom. The van der Waals surface area contributed by atoms with Crippen molar-refractivity contribution in [2.24, 2.45) is 11.6 Å². The lowest BCUT2D eigenvalue weighted by atomic mass is 10.0. The number of hydrogen-bond donors (Lipinski definition) is 4. The van der Waals surface area contributed by atoms with Crippen LogP contribution in [0.5, 0.6) is 0 Å². The SMILES string of the molecule is COC(c1ccc(C(=O)N2CCNCC2)cc1)C(CF)N(N)/C=C(\N)CCN(C)C1CC(C)OC(O)C1. The maximum absolute atomic E-state index is 14.2. The third-order valence-electron chi connectivity index (χ3n) is 7.19. The smallest absolute Gasteiger partial charge is 0.253 e. The Labute approximate surface area is 219 Å². The van der Waals surface area contributed by atoms with E-state index in [-0.39, 0.29) is 18.1 Å². The molecule has 2 fully saturated rings. The van der Waals surface area contributed by atoms with Gasteiger partial charge < -0.3 is 40.4 Å². The molecule has 0 bridgehead atoms. The molecule has 2 aliphatic heterocycles. The summed E-state index contributed by atoms with van der Waals surface area (Å²) in [6.45, 7) is 4.77. The van der Waals surface area contributed by atoms with Gasteiger partial charge in [0.2, 0.25) is 0 Å². The minimum atomic E-state index is -0.803. The number of carbonyl (C=O) groups excluding carboxylic acids is 1. The second kappa shape index (κ2) is 14.0. The van der Waals surface area contributed by atoms with Crippen LogP contribution in [0.1, 0.15) is 48.2 Å². The molecule has 11 heteroatoms. The van der Waals surface area contributed by atoms with Crippen LogP contribution in [0.3, 0.4) is 0 Å². The molecule has 1 aromatic carbocycles. The number of methoxy groups -OCH3 is 1. The van der Waals surface area contributed by atoms with Crippen LogP contribution >= 0.6 is 0 Å². The molecule has 0 aliphatic carbocycles. The number of benzene rings is 1. The number of ether oxygens (including phenoxy) is 2. The lowest BCUT2D eigenvalue weighted by Gasteiger charge is -2.36. The predicted octanol–water partition coefficient (Wildman–Crippen LogP) is 0.941. The lowest BCUT2D eigenvalue weighted by molar-refractivity contribution is -0.173. The summed E-state index contributed by atoms with van der Waals surface area (Å²) < 4.78 is 25.2. The van der Waals surface area contributed by atoms with Gasteiger partial charge in [0.25, 0.3) is 5.91 Å². The molecule has 2 heterocycles. The second-order valence-electron chi connectivity index (χ2n) is 9.95. The molecule has 5 unspecified atom stereocenters. The summed E-state index contributed by atoms with van der Waals surface area (Å²) in [6.07, 6.45) is 2.05. The van der Waals surface area contributed by atoms with E-state index in [0.717, 1.165) is 25.1 Å². The van der Waals surface area contributed by atoms with Gasteiger partial charge in [-0.05, 0) is 38.1 Å². The van der Waals surface area contributed by atoms with Gasteiger partial charge in [0.1, 0.15) is 18.8 Å². The van der Waals surface area contributed by atoms with Crippen molar-refractivity contribution in [3.63, 3.8) is 0 Å². The minimum Gasteiger partial charge on any atom is -0.401 e. The molecule has 1 amide bonds. The summed E-state index contributed by atoms with van der Waals surface area (Å²) >= 11 is 0. The maximum atomic E-state index is 14.2. The van der Waals surface area contributed by atoms with E-state index in [4.69, 9.17) is 21.1 Å². The van der Waals surface area contributed by atoms with Crippen LogP contribution in [0, 0.1) is 0 Å². The number of carbonyl (C=O) groups is 1. The molecular formula is C26H43FN6O4. The van der Waals surface area contributed by atoms with E-state index in [2.05, 4.69) is 10.2 Å². The fourth-order valence-electron chi connectivity index (χ4n) is 4.99. The number of rotatable bonds is 11. The predicted molar refractivity (Wildman–Crippen MR) is 140 cm³/mol. The lowest BCUT2D eigenvalue weighted by Crippen LogP contribution is -2.46. The van der Waals surface area contributed by atoms with Gasteiger partial charge in [-0.15, -0.1) is 0 Å². The third-order valence-corrected chi connectivity index (χ3v) is 7.19. The van der Waals surface area contributed by atoms with Gasteiger partial charge in [-0.2, -0.15) is 0 Å². The fraction of sp³-hybridized carbons (Fsp3) is 0.654. The Morgan fingerprint density at radius 1 is 1.32 bits per heavy atom. The van der Waals surface area contributed by atoms with Crippen molar-refractivity contribution in [1.82, 2.24) is 20.1 Å². The Morgan fingerprint density at radius 3 is 2.59 bits per heavy atom. The van der Waals surface area contributed by atoms with Gasteiger partial charge >= 0.3 is 0 Å². The van der Waals surface area contributed by atoms with E-state index in [1.165, 1.54) is 12.1 Å². The number of nitrogens with zero attached hydrogens (tertiary/aromatic N) is 3. The highest BCUT2D eigenvalue weighted by molar-refractivity contribution is 5.94. The summed E-state index contributed by atoms with van der Waals surface area (Å²) in [5.74, 6) is 6.21. The van der Waals surface area contributed by atoms with Gasteiger partial charge in [0.15, 0.2) is 6.29 Å². The first-order valence-electron chi connectivity index (χ1n) is 12.9. The molecule has 208 valence electrons. The molecular weight excluding hydrogens is 479 g/mol. The number of hydrogen-bond acceptors (Lipinski definition) is 9. The highest BCUT2D eigenvalue weighted by Gasteiger charge is 2.29. The van der Waals surface area contributed by atoms with Gasteiger partial charge in [-0.3, -0.25) is 4.79 Å². The first-order chi connectivity index (χ1) is 17.7. The van der Waals surface area contributed by atoms with Crippen molar-refractivity contribution >= 4 is 5.91 Å². The molecule has 3 rings (SSSR count). The third kappa shape index (κ3) is 8.10. The van der Waals surface area contributed by atoms with Crippen molar-refractivity contribution in [2.75, 3.05) is 53.6 Å². The molecule has 0 radical (unpaired) electrons. The Bertz CT molecular complexity index is 872. The average molecular weight is 523 g/mol. The van der Waals surface area contributed by atoms with E-state index >= 15 is 0 Å². The number of nitrogens with two attached hydrogens (primary N) is 2. The molecule has 5 atom stereocenters. The normalized spacial score (nSPS) is 24.7. The van der Waals surface area contributed by atoms with Gasteiger partial charge in [-0.1, -0.05) is 12.1 Å².